The van der Waals surface area contributed by atoms with E-state index in [4.69, 9.17) is 16.3 Å². The summed E-state index contributed by atoms with van der Waals surface area (Å²) in [6.07, 6.45) is 3.87. The molecule has 0 spiro atoms. The predicted molar refractivity (Wildman–Crippen MR) is 86.1 cm³/mol. The van der Waals surface area contributed by atoms with E-state index in [-0.39, 0.29) is 11.3 Å². The molecule has 0 aromatic heterocycles. The molecule has 116 valence electrons. The van der Waals surface area contributed by atoms with Crippen molar-refractivity contribution in [3.63, 3.8) is 0 Å². The molecule has 2 N–H and O–H groups in total. The number of hydrogen-bond acceptors (Lipinski definition) is 3. The fourth-order valence-electron chi connectivity index (χ4n) is 2.97. The van der Waals surface area contributed by atoms with Gasteiger partial charge in [0.05, 0.1) is 17.5 Å². The third-order valence-electron chi connectivity index (χ3n) is 4.09. The van der Waals surface area contributed by atoms with Crippen molar-refractivity contribution >= 4 is 23.2 Å². The van der Waals surface area contributed by atoms with Gasteiger partial charge in [-0.1, -0.05) is 24.9 Å². The van der Waals surface area contributed by atoms with Gasteiger partial charge in [0.2, 0.25) is 5.91 Å². The smallest absolute Gasteiger partial charge is 0.231 e. The lowest BCUT2D eigenvalue weighted by Crippen LogP contribution is -2.48. The van der Waals surface area contributed by atoms with Gasteiger partial charge in [-0.05, 0) is 44.0 Å². The lowest BCUT2D eigenvalue weighted by Gasteiger charge is -2.36. The van der Waals surface area contributed by atoms with E-state index in [0.29, 0.717) is 16.5 Å². The number of nitrogens with one attached hydrogen (secondary N) is 2. The number of rotatable bonds is 5. The van der Waals surface area contributed by atoms with Crippen molar-refractivity contribution in [2.45, 2.75) is 32.6 Å². The van der Waals surface area contributed by atoms with Crippen LogP contribution in [0.1, 0.15) is 32.6 Å². The van der Waals surface area contributed by atoms with Crippen molar-refractivity contribution < 1.29 is 9.53 Å². The maximum absolute atomic E-state index is 12.7. The molecule has 1 aromatic carbocycles. The largest absolute Gasteiger partial charge is 0.495 e. The van der Waals surface area contributed by atoms with Crippen LogP contribution in [0.3, 0.4) is 0 Å². The number of anilines is 1. The van der Waals surface area contributed by atoms with Crippen LogP contribution in [0.5, 0.6) is 5.75 Å². The SMILES string of the molecule is CCCC1(C(=O)Nc2ccc(OC)c(Cl)c2)CCCNC1. The van der Waals surface area contributed by atoms with Crippen molar-refractivity contribution in [2.24, 2.45) is 5.41 Å². The molecule has 1 aliphatic heterocycles. The number of ether oxygens (including phenoxy) is 1. The van der Waals surface area contributed by atoms with E-state index in [2.05, 4.69) is 17.6 Å². The Morgan fingerprint density at radius 3 is 2.90 bits per heavy atom. The molecule has 1 saturated heterocycles. The molecule has 0 saturated carbocycles. The van der Waals surface area contributed by atoms with Crippen LogP contribution in [0, 0.1) is 5.41 Å². The zero-order valence-electron chi connectivity index (χ0n) is 12.7. The zero-order chi connectivity index (χ0) is 15.3. The van der Waals surface area contributed by atoms with Gasteiger partial charge in [0.15, 0.2) is 0 Å². The molecule has 1 amide bonds. The highest BCUT2D eigenvalue weighted by Gasteiger charge is 2.38. The van der Waals surface area contributed by atoms with Crippen molar-refractivity contribution in [3.05, 3.63) is 23.2 Å². The van der Waals surface area contributed by atoms with E-state index in [9.17, 15) is 4.79 Å². The van der Waals surface area contributed by atoms with Crippen molar-refractivity contribution in [1.82, 2.24) is 5.32 Å². The van der Waals surface area contributed by atoms with Gasteiger partial charge in [-0.15, -0.1) is 0 Å². The summed E-state index contributed by atoms with van der Waals surface area (Å²) in [5.41, 5.74) is 0.409. The van der Waals surface area contributed by atoms with Gasteiger partial charge in [0.25, 0.3) is 0 Å². The van der Waals surface area contributed by atoms with Gasteiger partial charge >= 0.3 is 0 Å². The average molecular weight is 311 g/mol. The quantitative estimate of drug-likeness (QED) is 0.875. The van der Waals surface area contributed by atoms with E-state index < -0.39 is 0 Å². The molecule has 2 rings (SSSR count). The summed E-state index contributed by atoms with van der Waals surface area (Å²) >= 11 is 6.11. The maximum Gasteiger partial charge on any atom is 0.231 e. The molecular weight excluding hydrogens is 288 g/mol. The number of amides is 1. The summed E-state index contributed by atoms with van der Waals surface area (Å²) in [4.78, 5) is 12.7. The molecule has 21 heavy (non-hydrogen) atoms. The Bertz CT molecular complexity index is 494. The average Bonchev–Trinajstić information content (AvgIpc) is 2.48. The number of hydrogen-bond donors (Lipinski definition) is 2. The number of carbonyl (C=O) groups is 1. The monoisotopic (exact) mass is 310 g/mol. The number of carbonyl (C=O) groups excluding carboxylic acids is 1. The summed E-state index contributed by atoms with van der Waals surface area (Å²) in [6, 6.07) is 5.32. The second-order valence-electron chi connectivity index (χ2n) is 5.61. The molecule has 4 nitrogen and oxygen atoms in total. The van der Waals surface area contributed by atoms with Crippen LogP contribution < -0.4 is 15.4 Å². The normalized spacial score (nSPS) is 21.9. The molecule has 1 heterocycles. The fraction of sp³-hybridized carbons (Fsp3) is 0.562. The summed E-state index contributed by atoms with van der Waals surface area (Å²) in [7, 11) is 1.57. The first-order valence-corrected chi connectivity index (χ1v) is 7.85. The second kappa shape index (κ2) is 7.14. The zero-order valence-corrected chi connectivity index (χ0v) is 13.4. The molecule has 1 fully saturated rings. The first-order chi connectivity index (χ1) is 10.1. The molecule has 1 atom stereocenters. The third kappa shape index (κ3) is 3.69. The molecule has 1 aliphatic rings. The Kier molecular flexibility index (Phi) is 5.48. The first kappa shape index (κ1) is 16.1. The van der Waals surface area contributed by atoms with Crippen LogP contribution in [0.2, 0.25) is 5.02 Å². The van der Waals surface area contributed by atoms with Crippen LogP contribution in [0.15, 0.2) is 18.2 Å². The lowest BCUT2D eigenvalue weighted by atomic mass is 9.76. The standard InChI is InChI=1S/C16H23ClN2O2/c1-3-7-16(8-4-9-18-11-16)15(20)19-12-5-6-14(21-2)13(17)10-12/h5-6,10,18H,3-4,7-9,11H2,1-2H3,(H,19,20). The van der Waals surface area contributed by atoms with E-state index in [1.54, 1.807) is 19.2 Å². The van der Waals surface area contributed by atoms with Crippen LogP contribution >= 0.6 is 11.6 Å². The summed E-state index contributed by atoms with van der Waals surface area (Å²) in [5, 5.41) is 6.86. The van der Waals surface area contributed by atoms with Gasteiger partial charge in [0, 0.05) is 12.2 Å². The van der Waals surface area contributed by atoms with E-state index in [1.165, 1.54) is 0 Å². The first-order valence-electron chi connectivity index (χ1n) is 7.47. The van der Waals surface area contributed by atoms with Gasteiger partial charge in [-0.2, -0.15) is 0 Å². The highest BCUT2D eigenvalue weighted by Crippen LogP contribution is 2.34. The molecule has 0 bridgehead atoms. The van der Waals surface area contributed by atoms with Crippen LogP contribution in [0.25, 0.3) is 0 Å². The molecule has 5 heteroatoms. The van der Waals surface area contributed by atoms with Gasteiger partial charge in [0.1, 0.15) is 5.75 Å². The number of methoxy groups -OCH3 is 1. The number of piperidine rings is 1. The minimum absolute atomic E-state index is 0.0813. The van der Waals surface area contributed by atoms with Gasteiger partial charge < -0.3 is 15.4 Å². The van der Waals surface area contributed by atoms with Crippen LogP contribution in [-0.4, -0.2) is 26.1 Å². The Morgan fingerprint density at radius 1 is 1.52 bits per heavy atom. The van der Waals surface area contributed by atoms with Gasteiger partial charge in [-0.3, -0.25) is 4.79 Å². The Labute approximate surface area is 131 Å². The Balaban J connectivity index is 2.13. The highest BCUT2D eigenvalue weighted by atomic mass is 35.5. The third-order valence-corrected chi connectivity index (χ3v) is 4.39. The van der Waals surface area contributed by atoms with Crippen LogP contribution in [0.4, 0.5) is 5.69 Å². The minimum Gasteiger partial charge on any atom is -0.495 e. The molecule has 1 aromatic rings. The highest BCUT2D eigenvalue weighted by molar-refractivity contribution is 6.32. The number of benzene rings is 1. The van der Waals surface area contributed by atoms with Gasteiger partial charge in [-0.25, -0.2) is 0 Å². The van der Waals surface area contributed by atoms with E-state index in [1.807, 2.05) is 6.07 Å². The van der Waals surface area contributed by atoms with Crippen molar-refractivity contribution in [2.75, 3.05) is 25.5 Å². The molecular formula is C16H23ClN2O2. The Hall–Kier alpha value is -1.26. The summed E-state index contributed by atoms with van der Waals surface area (Å²) in [5.74, 6) is 0.690. The van der Waals surface area contributed by atoms with Crippen molar-refractivity contribution in [1.29, 1.82) is 0 Å². The number of halogens is 1. The van der Waals surface area contributed by atoms with Crippen molar-refractivity contribution in [3.8, 4) is 5.75 Å². The molecule has 0 aliphatic carbocycles. The van der Waals surface area contributed by atoms with Crippen LogP contribution in [-0.2, 0) is 4.79 Å². The minimum atomic E-state index is -0.306. The Morgan fingerprint density at radius 2 is 2.33 bits per heavy atom. The second-order valence-corrected chi connectivity index (χ2v) is 6.02. The topological polar surface area (TPSA) is 50.4 Å². The summed E-state index contributed by atoms with van der Waals surface area (Å²) < 4.78 is 5.13. The molecule has 0 radical (unpaired) electrons. The predicted octanol–water partition coefficient (Wildman–Crippen LogP) is 3.46. The van der Waals surface area contributed by atoms with E-state index >= 15 is 0 Å². The maximum atomic E-state index is 12.7. The molecule has 1 unspecified atom stereocenters. The van der Waals surface area contributed by atoms with E-state index in [0.717, 1.165) is 38.8 Å². The summed E-state index contributed by atoms with van der Waals surface area (Å²) in [6.45, 7) is 3.86. The lowest BCUT2D eigenvalue weighted by molar-refractivity contribution is -0.127. The fourth-order valence-corrected chi connectivity index (χ4v) is 3.23.